The minimum Gasteiger partial charge on any atom is -0.390 e. The number of rotatable bonds is 5. The first kappa shape index (κ1) is 14.3. The molecule has 0 aliphatic carbocycles. The van der Waals surface area contributed by atoms with E-state index >= 15 is 0 Å². The van der Waals surface area contributed by atoms with Gasteiger partial charge in [-0.3, -0.25) is 0 Å². The maximum Gasteiger partial charge on any atom is 0.150 e. The summed E-state index contributed by atoms with van der Waals surface area (Å²) in [6, 6.07) is 2.34. The van der Waals surface area contributed by atoms with E-state index < -0.39 is 17.7 Å². The van der Waals surface area contributed by atoms with Crippen molar-refractivity contribution in [3.8, 4) is 0 Å². The molecule has 0 bridgehead atoms. The highest BCUT2D eigenvalue weighted by Crippen LogP contribution is 2.23. The largest absolute Gasteiger partial charge is 0.390 e. The van der Waals surface area contributed by atoms with E-state index in [-0.39, 0.29) is 12.2 Å². The van der Waals surface area contributed by atoms with Gasteiger partial charge in [0.05, 0.1) is 6.10 Å². The molecule has 1 unspecified atom stereocenters. The lowest BCUT2D eigenvalue weighted by Gasteiger charge is -2.17. The van der Waals surface area contributed by atoms with Crippen molar-refractivity contribution in [3.63, 3.8) is 0 Å². The van der Waals surface area contributed by atoms with Crippen LogP contribution in [-0.2, 0) is 0 Å². The van der Waals surface area contributed by atoms with Crippen LogP contribution in [-0.4, -0.2) is 43.3 Å². The van der Waals surface area contributed by atoms with E-state index in [2.05, 4.69) is 21.2 Å². The summed E-state index contributed by atoms with van der Waals surface area (Å²) in [5.41, 5.74) is -0.217. The van der Waals surface area contributed by atoms with E-state index in [1.54, 1.807) is 4.90 Å². The molecule has 0 fully saturated rings. The molecule has 6 heteroatoms. The Labute approximate surface area is 108 Å². The van der Waals surface area contributed by atoms with E-state index in [1.165, 1.54) is 12.1 Å². The van der Waals surface area contributed by atoms with Gasteiger partial charge in [0.1, 0.15) is 17.3 Å². The van der Waals surface area contributed by atoms with E-state index in [0.717, 1.165) is 0 Å². The highest BCUT2D eigenvalue weighted by Gasteiger charge is 2.12. The molecule has 0 aromatic heterocycles. The van der Waals surface area contributed by atoms with Gasteiger partial charge in [-0.1, -0.05) is 15.9 Å². The first-order valence-corrected chi connectivity index (χ1v) is 5.90. The van der Waals surface area contributed by atoms with Crippen LogP contribution in [0.4, 0.5) is 14.5 Å². The molecule has 0 aliphatic rings. The number of aliphatic hydroxyl groups excluding tert-OH is 1. The average Bonchev–Trinajstić information content (AvgIpc) is 2.14. The quantitative estimate of drug-likeness (QED) is 0.874. The zero-order chi connectivity index (χ0) is 13.0. The Bertz CT molecular complexity index is 365. The molecular weight excluding hydrogens is 294 g/mol. The van der Waals surface area contributed by atoms with Crippen LogP contribution in [0.3, 0.4) is 0 Å². The summed E-state index contributed by atoms with van der Waals surface area (Å²) < 4.78 is 27.1. The lowest BCUT2D eigenvalue weighted by Crippen LogP contribution is -2.31. The summed E-state index contributed by atoms with van der Waals surface area (Å²) >= 11 is 3.00. The Morgan fingerprint density at radius 2 is 1.88 bits per heavy atom. The van der Waals surface area contributed by atoms with Crippen LogP contribution in [0.15, 0.2) is 16.6 Å². The van der Waals surface area contributed by atoms with Gasteiger partial charge in [0.15, 0.2) is 0 Å². The van der Waals surface area contributed by atoms with Crippen LogP contribution in [0.5, 0.6) is 0 Å². The number of hydrogen-bond acceptors (Lipinski definition) is 3. The zero-order valence-electron chi connectivity index (χ0n) is 9.67. The number of anilines is 1. The highest BCUT2D eigenvalue weighted by molar-refractivity contribution is 9.10. The number of nitrogens with one attached hydrogen (secondary N) is 1. The molecule has 0 spiro atoms. The third-order valence-corrected chi connectivity index (χ3v) is 2.56. The number of likely N-dealkylation sites (N-methyl/N-ethyl adjacent to an activating group) is 1. The lowest BCUT2D eigenvalue weighted by atomic mass is 10.2. The van der Waals surface area contributed by atoms with Crippen molar-refractivity contribution in [1.29, 1.82) is 0 Å². The van der Waals surface area contributed by atoms with Gasteiger partial charge in [-0.2, -0.15) is 0 Å². The molecule has 96 valence electrons. The molecule has 0 saturated carbocycles. The number of hydrogen-bond donors (Lipinski definition) is 2. The second kappa shape index (κ2) is 6.28. The Hall–Kier alpha value is -0.720. The van der Waals surface area contributed by atoms with Gasteiger partial charge in [0, 0.05) is 17.6 Å². The fraction of sp³-hybridized carbons (Fsp3) is 0.455. The predicted octanol–water partition coefficient (Wildman–Crippen LogP) is 2.06. The summed E-state index contributed by atoms with van der Waals surface area (Å²) in [7, 11) is 3.62. The first-order chi connectivity index (χ1) is 7.90. The van der Waals surface area contributed by atoms with Crippen LogP contribution in [0.2, 0.25) is 0 Å². The SMILES string of the molecule is CN(C)CC(O)CNc1c(F)cc(Br)cc1F. The monoisotopic (exact) mass is 308 g/mol. The van der Waals surface area contributed by atoms with E-state index in [4.69, 9.17) is 0 Å². The molecular formula is C11H15BrF2N2O. The van der Waals surface area contributed by atoms with Gasteiger partial charge in [0.25, 0.3) is 0 Å². The Balaban J connectivity index is 2.63. The van der Waals surface area contributed by atoms with Crippen molar-refractivity contribution < 1.29 is 13.9 Å². The van der Waals surface area contributed by atoms with E-state index in [9.17, 15) is 13.9 Å². The van der Waals surface area contributed by atoms with Gasteiger partial charge < -0.3 is 15.3 Å². The standard InChI is InChI=1S/C11H15BrF2N2O/c1-16(2)6-8(17)5-15-11-9(13)3-7(12)4-10(11)14/h3-4,8,15,17H,5-6H2,1-2H3. The molecule has 17 heavy (non-hydrogen) atoms. The van der Waals surface area contributed by atoms with Crippen LogP contribution < -0.4 is 5.32 Å². The van der Waals surface area contributed by atoms with Crippen molar-refractivity contribution in [1.82, 2.24) is 4.90 Å². The molecule has 0 saturated heterocycles. The zero-order valence-corrected chi connectivity index (χ0v) is 11.3. The summed E-state index contributed by atoms with van der Waals surface area (Å²) in [6.45, 7) is 0.514. The fourth-order valence-corrected chi connectivity index (χ4v) is 1.82. The van der Waals surface area contributed by atoms with Gasteiger partial charge in [-0.05, 0) is 26.2 Å². The lowest BCUT2D eigenvalue weighted by molar-refractivity contribution is 0.148. The molecule has 1 aromatic rings. The molecule has 0 heterocycles. The molecule has 3 nitrogen and oxygen atoms in total. The smallest absolute Gasteiger partial charge is 0.150 e. The highest BCUT2D eigenvalue weighted by atomic mass is 79.9. The Morgan fingerprint density at radius 3 is 2.35 bits per heavy atom. The van der Waals surface area contributed by atoms with Crippen LogP contribution in [0.1, 0.15) is 0 Å². The molecule has 1 atom stereocenters. The molecule has 2 N–H and O–H groups in total. The molecule has 1 aromatic carbocycles. The number of halogens is 3. The maximum absolute atomic E-state index is 13.4. The molecule has 0 aliphatic heterocycles. The third-order valence-electron chi connectivity index (χ3n) is 2.10. The van der Waals surface area contributed by atoms with Crippen molar-refractivity contribution in [2.45, 2.75) is 6.10 Å². The topological polar surface area (TPSA) is 35.5 Å². The third kappa shape index (κ3) is 4.57. The molecule has 1 rings (SSSR count). The van der Waals surface area contributed by atoms with E-state index in [1.807, 2.05) is 14.1 Å². The second-order valence-corrected chi connectivity index (χ2v) is 4.96. The summed E-state index contributed by atoms with van der Waals surface area (Å²) in [6.07, 6.45) is -0.688. The van der Waals surface area contributed by atoms with Crippen molar-refractivity contribution in [2.24, 2.45) is 0 Å². The fourth-order valence-electron chi connectivity index (χ4n) is 1.42. The van der Waals surface area contributed by atoms with Crippen LogP contribution in [0.25, 0.3) is 0 Å². The van der Waals surface area contributed by atoms with Crippen molar-refractivity contribution in [2.75, 3.05) is 32.5 Å². The van der Waals surface area contributed by atoms with Gasteiger partial charge in [0.2, 0.25) is 0 Å². The first-order valence-electron chi connectivity index (χ1n) is 5.11. The molecule has 0 amide bonds. The van der Waals surface area contributed by atoms with Gasteiger partial charge in [-0.15, -0.1) is 0 Å². The summed E-state index contributed by atoms with van der Waals surface area (Å²) in [4.78, 5) is 1.79. The number of benzene rings is 1. The van der Waals surface area contributed by atoms with Crippen LogP contribution in [0, 0.1) is 11.6 Å². The average molecular weight is 309 g/mol. The van der Waals surface area contributed by atoms with E-state index in [0.29, 0.717) is 11.0 Å². The predicted molar refractivity (Wildman–Crippen MR) is 67.1 cm³/mol. The minimum absolute atomic E-state index is 0.0909. The van der Waals surface area contributed by atoms with Gasteiger partial charge >= 0.3 is 0 Å². The van der Waals surface area contributed by atoms with Crippen molar-refractivity contribution in [3.05, 3.63) is 28.2 Å². The Morgan fingerprint density at radius 1 is 1.35 bits per heavy atom. The van der Waals surface area contributed by atoms with Gasteiger partial charge in [-0.25, -0.2) is 8.78 Å². The Kier molecular flexibility index (Phi) is 5.30. The number of nitrogens with zero attached hydrogens (tertiary/aromatic N) is 1. The normalized spacial score (nSPS) is 12.9. The maximum atomic E-state index is 13.4. The van der Waals surface area contributed by atoms with Crippen molar-refractivity contribution >= 4 is 21.6 Å². The summed E-state index contributed by atoms with van der Waals surface area (Å²) in [5, 5.41) is 12.1. The number of aliphatic hydroxyl groups is 1. The molecule has 0 radical (unpaired) electrons. The summed E-state index contributed by atoms with van der Waals surface area (Å²) in [5.74, 6) is -1.37. The van der Waals surface area contributed by atoms with Crippen LogP contribution >= 0.6 is 15.9 Å². The minimum atomic E-state index is -0.688. The second-order valence-electron chi connectivity index (χ2n) is 4.04.